The molecule has 2 heterocycles. The van der Waals surface area contributed by atoms with Crippen molar-refractivity contribution >= 4 is 29.1 Å². The molecule has 2 aromatic rings. The van der Waals surface area contributed by atoms with E-state index >= 15 is 0 Å². The van der Waals surface area contributed by atoms with Gasteiger partial charge < -0.3 is 19.5 Å². The van der Waals surface area contributed by atoms with Crippen LogP contribution in [0, 0.1) is 0 Å². The Bertz CT molecular complexity index is 962. The first-order chi connectivity index (χ1) is 16.4. The Morgan fingerprint density at radius 1 is 0.941 bits per heavy atom. The summed E-state index contributed by atoms with van der Waals surface area (Å²) in [6.07, 6.45) is 3.80. The number of hydrogen-bond donors (Lipinski definition) is 1. The first-order valence-corrected chi connectivity index (χ1v) is 12.7. The van der Waals surface area contributed by atoms with Crippen molar-refractivity contribution in [3.05, 3.63) is 58.1 Å². The molecule has 2 fully saturated rings. The van der Waals surface area contributed by atoms with Crippen LogP contribution < -0.4 is 9.47 Å². The number of benzene rings is 2. The van der Waals surface area contributed by atoms with Crippen molar-refractivity contribution in [2.75, 3.05) is 39.4 Å². The molecule has 2 aliphatic rings. The lowest BCUT2D eigenvalue weighted by molar-refractivity contribution is -0.127. The normalized spacial score (nSPS) is 18.3. The topological polar surface area (TPSA) is 62.2 Å². The van der Waals surface area contributed by atoms with Gasteiger partial charge in [0.1, 0.15) is 23.7 Å². The van der Waals surface area contributed by atoms with Gasteiger partial charge in [-0.15, -0.1) is 0 Å². The second-order valence-corrected chi connectivity index (χ2v) is 10.0. The maximum absolute atomic E-state index is 11.6. The zero-order chi connectivity index (χ0) is 24.0. The highest BCUT2D eigenvalue weighted by atomic mass is 35.5. The average molecular weight is 507 g/mol. The molecule has 0 bridgehead atoms. The number of carbonyl (C=O) groups is 1. The maximum Gasteiger partial charge on any atom is 0.222 e. The molecule has 0 atom stereocenters. The van der Waals surface area contributed by atoms with E-state index in [1.165, 1.54) is 5.56 Å². The quantitative estimate of drug-likeness (QED) is 0.469. The molecule has 0 radical (unpaired) electrons. The van der Waals surface area contributed by atoms with Crippen molar-refractivity contribution in [2.45, 2.75) is 44.2 Å². The SMILES string of the molecule is O=C1CCCN1CCCOc1ccc(CN2CCC(O)(COc3ccc(Cl)c(Cl)c3)CC2)cc1. The smallest absolute Gasteiger partial charge is 0.222 e. The predicted molar refractivity (Wildman–Crippen MR) is 134 cm³/mol. The van der Waals surface area contributed by atoms with Crippen molar-refractivity contribution in [3.8, 4) is 11.5 Å². The van der Waals surface area contributed by atoms with Gasteiger partial charge in [0.25, 0.3) is 0 Å². The van der Waals surface area contributed by atoms with E-state index in [2.05, 4.69) is 17.0 Å². The zero-order valence-corrected chi connectivity index (χ0v) is 20.9. The minimum Gasteiger partial charge on any atom is -0.494 e. The summed E-state index contributed by atoms with van der Waals surface area (Å²) >= 11 is 12.0. The molecule has 184 valence electrons. The lowest BCUT2D eigenvalue weighted by atomic mass is 9.92. The van der Waals surface area contributed by atoms with Crippen LogP contribution >= 0.6 is 23.2 Å². The van der Waals surface area contributed by atoms with Crippen LogP contribution in [-0.4, -0.2) is 65.8 Å². The molecule has 0 aromatic heterocycles. The number of amides is 1. The van der Waals surface area contributed by atoms with Crippen molar-refractivity contribution in [3.63, 3.8) is 0 Å². The fraction of sp³-hybridized carbons (Fsp3) is 0.500. The van der Waals surface area contributed by atoms with Gasteiger partial charge in [-0.2, -0.15) is 0 Å². The summed E-state index contributed by atoms with van der Waals surface area (Å²) in [5.74, 6) is 1.72. The molecule has 34 heavy (non-hydrogen) atoms. The molecule has 1 N–H and O–H groups in total. The lowest BCUT2D eigenvalue weighted by Gasteiger charge is -2.38. The van der Waals surface area contributed by atoms with Gasteiger partial charge in [-0.05, 0) is 55.5 Å². The second-order valence-electron chi connectivity index (χ2n) is 9.20. The van der Waals surface area contributed by atoms with Gasteiger partial charge in [0.05, 0.1) is 16.7 Å². The van der Waals surface area contributed by atoms with E-state index in [4.69, 9.17) is 32.7 Å². The van der Waals surface area contributed by atoms with Crippen molar-refractivity contribution in [1.82, 2.24) is 9.80 Å². The van der Waals surface area contributed by atoms with Gasteiger partial charge in [-0.1, -0.05) is 35.3 Å². The summed E-state index contributed by atoms with van der Waals surface area (Å²) in [6, 6.07) is 13.3. The van der Waals surface area contributed by atoms with E-state index in [0.717, 1.165) is 51.3 Å². The molecule has 4 rings (SSSR count). The van der Waals surface area contributed by atoms with Gasteiger partial charge in [0.15, 0.2) is 0 Å². The van der Waals surface area contributed by atoms with Crippen LogP contribution in [0.3, 0.4) is 0 Å². The third-order valence-corrected chi connectivity index (χ3v) is 7.27. The number of rotatable bonds is 10. The number of ether oxygens (including phenoxy) is 2. The highest BCUT2D eigenvalue weighted by Crippen LogP contribution is 2.29. The summed E-state index contributed by atoms with van der Waals surface area (Å²) in [5.41, 5.74) is 0.368. The first kappa shape index (κ1) is 25.1. The molecule has 2 aromatic carbocycles. The van der Waals surface area contributed by atoms with E-state index in [0.29, 0.717) is 41.7 Å². The minimum absolute atomic E-state index is 0.233. The average Bonchev–Trinajstić information content (AvgIpc) is 3.25. The van der Waals surface area contributed by atoms with Crippen LogP contribution in [0.25, 0.3) is 0 Å². The molecule has 0 spiro atoms. The molecule has 0 saturated carbocycles. The van der Waals surface area contributed by atoms with Gasteiger partial charge in [0.2, 0.25) is 5.91 Å². The maximum atomic E-state index is 11.6. The standard InChI is InChI=1S/C26H32Cl2N2O4/c27-23-9-8-22(17-24(23)28)34-19-26(32)10-14-29(15-11-26)18-20-4-6-21(7-5-20)33-16-2-13-30-12-1-3-25(30)31/h4-9,17,32H,1-3,10-16,18-19H2. The van der Waals surface area contributed by atoms with E-state index < -0.39 is 5.60 Å². The highest BCUT2D eigenvalue weighted by molar-refractivity contribution is 6.42. The minimum atomic E-state index is -0.847. The lowest BCUT2D eigenvalue weighted by Crippen LogP contribution is -2.47. The Hall–Kier alpha value is -1.99. The number of carbonyl (C=O) groups excluding carboxylic acids is 1. The van der Waals surface area contributed by atoms with E-state index in [1.807, 2.05) is 17.0 Å². The molecular weight excluding hydrogens is 475 g/mol. The summed E-state index contributed by atoms with van der Waals surface area (Å²) < 4.78 is 11.6. The Morgan fingerprint density at radius 3 is 2.35 bits per heavy atom. The van der Waals surface area contributed by atoms with Gasteiger partial charge in [-0.3, -0.25) is 9.69 Å². The Balaban J connectivity index is 1.15. The van der Waals surface area contributed by atoms with Crippen molar-refractivity contribution in [1.29, 1.82) is 0 Å². The molecular formula is C26H32Cl2N2O4. The number of nitrogens with zero attached hydrogens (tertiary/aromatic N) is 2. The monoisotopic (exact) mass is 506 g/mol. The number of hydrogen-bond acceptors (Lipinski definition) is 5. The zero-order valence-electron chi connectivity index (χ0n) is 19.3. The van der Waals surface area contributed by atoms with Gasteiger partial charge in [-0.25, -0.2) is 0 Å². The van der Waals surface area contributed by atoms with E-state index in [-0.39, 0.29) is 12.5 Å². The molecule has 0 unspecified atom stereocenters. The van der Waals surface area contributed by atoms with Crippen LogP contribution in [0.15, 0.2) is 42.5 Å². The van der Waals surface area contributed by atoms with E-state index in [1.54, 1.807) is 18.2 Å². The molecule has 6 nitrogen and oxygen atoms in total. The van der Waals surface area contributed by atoms with Crippen LogP contribution in [0.5, 0.6) is 11.5 Å². The third-order valence-electron chi connectivity index (χ3n) is 6.53. The molecule has 8 heteroatoms. The predicted octanol–water partition coefficient (Wildman–Crippen LogP) is 4.79. The van der Waals surface area contributed by atoms with Crippen molar-refractivity contribution < 1.29 is 19.4 Å². The number of halogens is 2. The fourth-order valence-electron chi connectivity index (χ4n) is 4.39. The van der Waals surface area contributed by atoms with Crippen molar-refractivity contribution in [2.24, 2.45) is 0 Å². The van der Waals surface area contributed by atoms with Crippen LogP contribution in [0.4, 0.5) is 0 Å². The molecule has 0 aliphatic carbocycles. The number of piperidine rings is 1. The van der Waals surface area contributed by atoms with Gasteiger partial charge >= 0.3 is 0 Å². The van der Waals surface area contributed by atoms with Crippen LogP contribution in [-0.2, 0) is 11.3 Å². The summed E-state index contributed by atoms with van der Waals surface area (Å²) in [5, 5.41) is 11.8. The summed E-state index contributed by atoms with van der Waals surface area (Å²) in [4.78, 5) is 15.9. The Morgan fingerprint density at radius 2 is 1.68 bits per heavy atom. The summed E-state index contributed by atoms with van der Waals surface area (Å²) in [6.45, 7) is 4.93. The number of aliphatic hydroxyl groups is 1. The van der Waals surface area contributed by atoms with Crippen LogP contribution in [0.2, 0.25) is 10.0 Å². The van der Waals surface area contributed by atoms with E-state index in [9.17, 15) is 9.90 Å². The second kappa shape index (κ2) is 11.6. The number of likely N-dealkylation sites (tertiary alicyclic amines) is 2. The molecule has 1 amide bonds. The first-order valence-electron chi connectivity index (χ1n) is 11.9. The Kier molecular flexibility index (Phi) is 8.59. The molecule has 2 saturated heterocycles. The third kappa shape index (κ3) is 7.01. The van der Waals surface area contributed by atoms with Crippen LogP contribution in [0.1, 0.15) is 37.7 Å². The Labute approximate surface area is 211 Å². The highest BCUT2D eigenvalue weighted by Gasteiger charge is 2.33. The van der Waals surface area contributed by atoms with Gasteiger partial charge in [0, 0.05) is 45.2 Å². The summed E-state index contributed by atoms with van der Waals surface area (Å²) in [7, 11) is 0. The molecule has 2 aliphatic heterocycles. The largest absolute Gasteiger partial charge is 0.494 e. The fourth-order valence-corrected chi connectivity index (χ4v) is 4.68.